The van der Waals surface area contributed by atoms with Crippen LogP contribution in [0.3, 0.4) is 0 Å². The number of nitrogens with one attached hydrogen (secondary N) is 1. The first-order chi connectivity index (χ1) is 19.0. The number of amides is 1. The van der Waals surface area contributed by atoms with E-state index in [-0.39, 0.29) is 15.7 Å². The highest BCUT2D eigenvalue weighted by Gasteiger charge is 2.28. The van der Waals surface area contributed by atoms with Crippen LogP contribution in [0.2, 0.25) is 0 Å². The molecule has 1 aliphatic heterocycles. The van der Waals surface area contributed by atoms with Crippen molar-refractivity contribution in [1.29, 1.82) is 0 Å². The average Bonchev–Trinajstić information content (AvgIpc) is 3.23. The van der Waals surface area contributed by atoms with E-state index in [4.69, 9.17) is 0 Å². The molecule has 3 aromatic rings. The molecule has 1 saturated heterocycles. The summed E-state index contributed by atoms with van der Waals surface area (Å²) in [5.41, 5.74) is 2.73. The molecule has 1 heterocycles. The van der Waals surface area contributed by atoms with Crippen LogP contribution in [-0.4, -0.2) is 46.7 Å². The molecule has 8 nitrogen and oxygen atoms in total. The maximum Gasteiger partial charge on any atom is 0.264 e. The Morgan fingerprint density at radius 2 is 1.35 bits per heavy atom. The number of hydrogen-bond acceptors (Lipinski definition) is 5. The summed E-state index contributed by atoms with van der Waals surface area (Å²) in [5, 5.41) is 2.72. The molecule has 0 aromatic heterocycles. The number of anilines is 2. The topological polar surface area (TPSA) is 104 Å². The summed E-state index contributed by atoms with van der Waals surface area (Å²) in [7, 11) is -7.66. The van der Waals surface area contributed by atoms with Gasteiger partial charge in [-0.25, -0.2) is 16.8 Å². The van der Waals surface area contributed by atoms with Gasteiger partial charge in [0, 0.05) is 18.8 Å². The van der Waals surface area contributed by atoms with Crippen molar-refractivity contribution < 1.29 is 21.6 Å². The standard InChI is InChI=1S/C30H37N3O5S2/c1-23(2)25-10-14-27(15-11-25)33(40(37,38)29-16-8-24(3)9-17-29)22-30(34)31-26-12-18-28(19-13-26)39(35,36)32-20-6-4-5-7-21-32/h8-19,23H,4-7,20-22H2,1-3H3,(H,31,34). The lowest BCUT2D eigenvalue weighted by Crippen LogP contribution is -2.38. The predicted octanol–water partition coefficient (Wildman–Crippen LogP) is 5.52. The third-order valence-corrected chi connectivity index (χ3v) is 10.8. The van der Waals surface area contributed by atoms with Gasteiger partial charge in [0.2, 0.25) is 15.9 Å². The maximum atomic E-state index is 13.7. The van der Waals surface area contributed by atoms with Gasteiger partial charge in [-0.2, -0.15) is 4.31 Å². The van der Waals surface area contributed by atoms with Crippen molar-refractivity contribution in [3.63, 3.8) is 0 Å². The minimum absolute atomic E-state index is 0.0851. The normalized spacial score (nSPS) is 15.0. The van der Waals surface area contributed by atoms with Crippen molar-refractivity contribution in [3.05, 3.63) is 83.9 Å². The monoisotopic (exact) mass is 583 g/mol. The highest BCUT2D eigenvalue weighted by atomic mass is 32.2. The zero-order valence-corrected chi connectivity index (χ0v) is 24.8. The van der Waals surface area contributed by atoms with E-state index in [2.05, 4.69) is 5.32 Å². The van der Waals surface area contributed by atoms with Crippen molar-refractivity contribution in [2.45, 2.75) is 62.2 Å². The minimum Gasteiger partial charge on any atom is -0.325 e. The Hall–Kier alpha value is -3.21. The Labute approximate surface area is 238 Å². The highest BCUT2D eigenvalue weighted by Crippen LogP contribution is 2.27. The Bertz CT molecular complexity index is 1510. The predicted molar refractivity (Wildman–Crippen MR) is 159 cm³/mol. The minimum atomic E-state index is -4.05. The Morgan fingerprint density at radius 1 is 0.800 bits per heavy atom. The van der Waals surface area contributed by atoms with E-state index in [0.29, 0.717) is 24.5 Å². The lowest BCUT2D eigenvalue weighted by atomic mass is 10.0. The van der Waals surface area contributed by atoms with Crippen LogP contribution < -0.4 is 9.62 Å². The van der Waals surface area contributed by atoms with Crippen molar-refractivity contribution >= 4 is 37.3 Å². The largest absolute Gasteiger partial charge is 0.325 e. The van der Waals surface area contributed by atoms with Gasteiger partial charge >= 0.3 is 0 Å². The van der Waals surface area contributed by atoms with Crippen LogP contribution >= 0.6 is 0 Å². The second-order valence-electron chi connectivity index (χ2n) is 10.5. The average molecular weight is 584 g/mol. The van der Waals surface area contributed by atoms with Crippen LogP contribution in [0.4, 0.5) is 11.4 Å². The van der Waals surface area contributed by atoms with Crippen LogP contribution in [0.15, 0.2) is 82.6 Å². The number of nitrogens with zero attached hydrogens (tertiary/aromatic N) is 2. The molecule has 0 atom stereocenters. The van der Waals surface area contributed by atoms with Gasteiger partial charge in [-0.15, -0.1) is 0 Å². The van der Waals surface area contributed by atoms with E-state index in [0.717, 1.165) is 41.1 Å². The van der Waals surface area contributed by atoms with E-state index < -0.39 is 32.5 Å². The molecular weight excluding hydrogens is 546 g/mol. The first-order valence-electron chi connectivity index (χ1n) is 13.6. The van der Waals surface area contributed by atoms with Gasteiger partial charge in [-0.05, 0) is 79.8 Å². The fourth-order valence-electron chi connectivity index (χ4n) is 4.65. The molecule has 0 spiro atoms. The van der Waals surface area contributed by atoms with Gasteiger partial charge in [0.1, 0.15) is 6.54 Å². The fourth-order valence-corrected chi connectivity index (χ4v) is 7.59. The number of rotatable bonds is 9. The lowest BCUT2D eigenvalue weighted by Gasteiger charge is -2.25. The number of benzene rings is 3. The number of aryl methyl sites for hydroxylation is 1. The number of carbonyl (C=O) groups is 1. The van der Waals surface area contributed by atoms with E-state index in [1.165, 1.54) is 40.7 Å². The molecular formula is C30H37N3O5S2. The maximum absolute atomic E-state index is 13.7. The summed E-state index contributed by atoms with van der Waals surface area (Å²) in [6.45, 7) is 6.53. The molecule has 1 fully saturated rings. The summed E-state index contributed by atoms with van der Waals surface area (Å²) >= 11 is 0. The van der Waals surface area contributed by atoms with Crippen molar-refractivity contribution in [2.24, 2.45) is 0 Å². The van der Waals surface area contributed by atoms with Crippen molar-refractivity contribution in [2.75, 3.05) is 29.3 Å². The van der Waals surface area contributed by atoms with E-state index in [1.54, 1.807) is 24.3 Å². The molecule has 1 aliphatic rings. The Balaban J connectivity index is 1.55. The van der Waals surface area contributed by atoms with Crippen molar-refractivity contribution in [1.82, 2.24) is 4.31 Å². The molecule has 0 radical (unpaired) electrons. The second kappa shape index (κ2) is 12.5. The molecule has 1 N–H and O–H groups in total. The molecule has 0 bridgehead atoms. The molecule has 0 unspecified atom stereocenters. The van der Waals surface area contributed by atoms with Crippen LogP contribution in [0.5, 0.6) is 0 Å². The van der Waals surface area contributed by atoms with E-state index in [9.17, 15) is 21.6 Å². The Kier molecular flexibility index (Phi) is 9.33. The molecule has 4 rings (SSSR count). The van der Waals surface area contributed by atoms with Gasteiger partial charge < -0.3 is 5.32 Å². The summed E-state index contributed by atoms with van der Waals surface area (Å²) in [4.78, 5) is 13.4. The summed E-state index contributed by atoms with van der Waals surface area (Å²) < 4.78 is 56.1. The van der Waals surface area contributed by atoms with Crippen LogP contribution in [0.25, 0.3) is 0 Å². The molecule has 1 amide bonds. The second-order valence-corrected chi connectivity index (χ2v) is 14.3. The number of sulfonamides is 2. The number of hydrogen-bond donors (Lipinski definition) is 1. The summed E-state index contributed by atoms with van der Waals surface area (Å²) in [6, 6.07) is 19.6. The van der Waals surface area contributed by atoms with Crippen LogP contribution in [0, 0.1) is 6.92 Å². The number of carbonyl (C=O) groups excluding carboxylic acids is 1. The molecule has 0 saturated carbocycles. The third kappa shape index (κ3) is 6.92. The molecule has 40 heavy (non-hydrogen) atoms. The smallest absolute Gasteiger partial charge is 0.264 e. The van der Waals surface area contributed by atoms with Gasteiger partial charge in [-0.3, -0.25) is 9.10 Å². The zero-order chi connectivity index (χ0) is 28.9. The van der Waals surface area contributed by atoms with Gasteiger partial charge in [0.05, 0.1) is 15.5 Å². The highest BCUT2D eigenvalue weighted by molar-refractivity contribution is 7.92. The van der Waals surface area contributed by atoms with E-state index in [1.807, 2.05) is 32.9 Å². The SMILES string of the molecule is Cc1ccc(S(=O)(=O)N(CC(=O)Nc2ccc(S(=O)(=O)N3CCCCCC3)cc2)c2ccc(C(C)C)cc2)cc1. The Morgan fingerprint density at radius 3 is 1.90 bits per heavy atom. The summed E-state index contributed by atoms with van der Waals surface area (Å²) in [6.07, 6.45) is 3.73. The first-order valence-corrected chi connectivity index (χ1v) is 16.5. The van der Waals surface area contributed by atoms with Crippen LogP contribution in [0.1, 0.15) is 56.6 Å². The fraction of sp³-hybridized carbons (Fsp3) is 0.367. The van der Waals surface area contributed by atoms with Gasteiger partial charge in [-0.1, -0.05) is 56.5 Å². The molecule has 214 valence electrons. The van der Waals surface area contributed by atoms with Crippen molar-refractivity contribution in [3.8, 4) is 0 Å². The lowest BCUT2D eigenvalue weighted by molar-refractivity contribution is -0.114. The molecule has 10 heteroatoms. The van der Waals surface area contributed by atoms with Crippen LogP contribution in [-0.2, 0) is 24.8 Å². The zero-order valence-electron chi connectivity index (χ0n) is 23.2. The quantitative estimate of drug-likeness (QED) is 0.357. The first kappa shape index (κ1) is 29.8. The molecule has 0 aliphatic carbocycles. The van der Waals surface area contributed by atoms with E-state index >= 15 is 0 Å². The molecule has 3 aromatic carbocycles. The van der Waals surface area contributed by atoms with Gasteiger partial charge in [0.25, 0.3) is 10.0 Å². The van der Waals surface area contributed by atoms with Gasteiger partial charge in [0.15, 0.2) is 0 Å². The third-order valence-electron chi connectivity index (χ3n) is 7.08. The summed E-state index contributed by atoms with van der Waals surface area (Å²) in [5.74, 6) is -0.280.